The highest BCUT2D eigenvalue weighted by Gasteiger charge is 2.48. The van der Waals surface area contributed by atoms with Gasteiger partial charge in [-0.15, -0.1) is 0 Å². The van der Waals surface area contributed by atoms with Crippen LogP contribution in [0.2, 0.25) is 0 Å². The molecule has 0 amide bonds. The zero-order valence-corrected chi connectivity index (χ0v) is 21.0. The highest BCUT2D eigenvalue weighted by molar-refractivity contribution is 7.53. The predicted octanol–water partition coefficient (Wildman–Crippen LogP) is 6.15. The first kappa shape index (κ1) is 29.5. The molecule has 0 heterocycles. The van der Waals surface area contributed by atoms with Gasteiger partial charge in [0.05, 0.1) is 21.1 Å². The summed E-state index contributed by atoms with van der Waals surface area (Å²) in [5, 5.41) is 8.56. The Hall–Kier alpha value is -0.450. The van der Waals surface area contributed by atoms with Crippen molar-refractivity contribution in [3.8, 4) is 0 Å². The van der Waals surface area contributed by atoms with Gasteiger partial charge in [0, 0.05) is 0 Å². The molecular weight excluding hydrogens is 397 g/mol. The van der Waals surface area contributed by atoms with Crippen LogP contribution in [-0.4, -0.2) is 52.4 Å². The third-order valence-electron chi connectivity index (χ3n) is 5.28. The molecule has 0 radical (unpaired) electrons. The molecular formula is C24H49NO4P+. The quantitative estimate of drug-likeness (QED) is 0.0962. The zero-order valence-electron chi connectivity index (χ0n) is 20.1. The van der Waals surface area contributed by atoms with Gasteiger partial charge in [0.1, 0.15) is 6.54 Å². The second-order valence-electron chi connectivity index (χ2n) is 9.62. The summed E-state index contributed by atoms with van der Waals surface area (Å²) in [6.07, 6.45) is 24.2. The van der Waals surface area contributed by atoms with E-state index in [1.54, 1.807) is 0 Å². The molecule has 0 aliphatic heterocycles. The lowest BCUT2D eigenvalue weighted by atomic mass is 10.1. The summed E-state index contributed by atoms with van der Waals surface area (Å²) >= 11 is 0. The summed E-state index contributed by atoms with van der Waals surface area (Å²) in [6.45, 7) is 2.22. The third kappa shape index (κ3) is 16.3. The number of nitrogens with zero attached hydrogens (tertiary/aromatic N) is 1. The van der Waals surface area contributed by atoms with E-state index in [-0.39, 0.29) is 13.0 Å². The number of quaternary nitrogens is 1. The Kier molecular flexibility index (Phi) is 16.0. The van der Waals surface area contributed by atoms with Crippen LogP contribution in [-0.2, 0) is 4.57 Å². The topological polar surface area (TPSA) is 77.8 Å². The van der Waals surface area contributed by atoms with Crippen LogP contribution in [0.3, 0.4) is 0 Å². The number of unbranched alkanes of at least 4 members (excludes halogenated alkanes) is 10. The highest BCUT2D eigenvalue weighted by atomic mass is 31.2. The van der Waals surface area contributed by atoms with Crippen molar-refractivity contribution in [2.24, 2.45) is 0 Å². The summed E-state index contributed by atoms with van der Waals surface area (Å²) in [5.74, 6) is 0. The Labute approximate surface area is 186 Å². The molecule has 0 spiro atoms. The molecule has 0 aromatic heterocycles. The van der Waals surface area contributed by atoms with Crippen LogP contribution in [0.15, 0.2) is 24.3 Å². The van der Waals surface area contributed by atoms with E-state index in [0.29, 0.717) is 10.9 Å². The molecule has 0 bridgehead atoms. The van der Waals surface area contributed by atoms with Crippen molar-refractivity contribution in [3.05, 3.63) is 24.3 Å². The zero-order chi connectivity index (χ0) is 22.9. The van der Waals surface area contributed by atoms with Gasteiger partial charge in [-0.05, 0) is 51.4 Å². The number of likely N-dealkylation sites (N-methyl/N-ethyl adjacent to an activating group) is 1. The average molecular weight is 447 g/mol. The van der Waals surface area contributed by atoms with Crippen molar-refractivity contribution < 1.29 is 23.9 Å². The van der Waals surface area contributed by atoms with Crippen molar-refractivity contribution in [2.45, 2.75) is 102 Å². The first-order valence-corrected chi connectivity index (χ1v) is 13.5. The van der Waals surface area contributed by atoms with Gasteiger partial charge in [0.25, 0.3) is 0 Å². The summed E-state index contributed by atoms with van der Waals surface area (Å²) in [4.78, 5) is 19.1. The summed E-state index contributed by atoms with van der Waals surface area (Å²) in [5.41, 5.74) is 0. The van der Waals surface area contributed by atoms with Crippen LogP contribution in [0, 0.1) is 0 Å². The van der Waals surface area contributed by atoms with Crippen LogP contribution < -0.4 is 0 Å². The number of hydrogen-bond acceptors (Lipinski definition) is 2. The molecule has 0 aliphatic carbocycles. The van der Waals surface area contributed by atoms with Gasteiger partial charge in [-0.25, -0.2) is 0 Å². The van der Waals surface area contributed by atoms with Crippen molar-refractivity contribution in [1.29, 1.82) is 0 Å². The molecule has 178 valence electrons. The van der Waals surface area contributed by atoms with E-state index in [1.165, 1.54) is 57.8 Å². The number of rotatable bonds is 19. The minimum absolute atomic E-state index is 0.0386. The molecule has 0 aromatic carbocycles. The molecule has 0 saturated heterocycles. The Morgan fingerprint density at radius 1 is 0.733 bits per heavy atom. The van der Waals surface area contributed by atoms with E-state index < -0.39 is 12.9 Å². The molecule has 0 aliphatic rings. The molecule has 3 N–H and O–H groups in total. The molecule has 0 saturated carbocycles. The molecule has 1 unspecified atom stereocenters. The maximum absolute atomic E-state index is 11.7. The van der Waals surface area contributed by atoms with Crippen LogP contribution in [0.4, 0.5) is 0 Å². The van der Waals surface area contributed by atoms with E-state index >= 15 is 0 Å². The number of hydrogen-bond donors (Lipinski definition) is 3. The van der Waals surface area contributed by atoms with Crippen molar-refractivity contribution in [3.63, 3.8) is 0 Å². The van der Waals surface area contributed by atoms with Gasteiger partial charge in [0.15, 0.2) is 0 Å². The largest absolute Gasteiger partial charge is 0.373 e. The van der Waals surface area contributed by atoms with E-state index in [4.69, 9.17) is 0 Å². The smallest absolute Gasteiger partial charge is 0.362 e. The first-order valence-electron chi connectivity index (χ1n) is 11.9. The fraction of sp³-hybridized carbons (Fsp3) is 0.833. The molecule has 6 heteroatoms. The Bertz CT molecular complexity index is 522. The normalized spacial score (nSPS) is 15.3. The molecule has 1 atom stereocenters. The van der Waals surface area contributed by atoms with Gasteiger partial charge in [-0.3, -0.25) is 4.57 Å². The van der Waals surface area contributed by atoms with Crippen molar-refractivity contribution in [1.82, 2.24) is 0 Å². The second kappa shape index (κ2) is 16.2. The average Bonchev–Trinajstić information content (AvgIpc) is 2.62. The van der Waals surface area contributed by atoms with Gasteiger partial charge >= 0.3 is 7.60 Å². The van der Waals surface area contributed by atoms with Crippen LogP contribution in [0.1, 0.15) is 96.8 Å². The minimum atomic E-state index is -4.56. The maximum Gasteiger partial charge on any atom is 0.362 e. The van der Waals surface area contributed by atoms with Gasteiger partial charge in [0.2, 0.25) is 5.34 Å². The molecule has 0 rings (SSSR count). The van der Waals surface area contributed by atoms with Gasteiger partial charge < -0.3 is 19.4 Å². The van der Waals surface area contributed by atoms with E-state index in [2.05, 4.69) is 31.2 Å². The Morgan fingerprint density at radius 3 is 1.53 bits per heavy atom. The van der Waals surface area contributed by atoms with Crippen molar-refractivity contribution in [2.75, 3.05) is 27.7 Å². The fourth-order valence-electron chi connectivity index (χ4n) is 3.68. The van der Waals surface area contributed by atoms with E-state index in [1.807, 2.05) is 21.1 Å². The number of allylic oxidation sites excluding steroid dienone is 4. The Balaban J connectivity index is 3.73. The lowest BCUT2D eigenvalue weighted by molar-refractivity contribution is -0.875. The van der Waals surface area contributed by atoms with E-state index in [0.717, 1.165) is 19.3 Å². The van der Waals surface area contributed by atoms with E-state index in [9.17, 15) is 19.5 Å². The summed E-state index contributed by atoms with van der Waals surface area (Å²) in [7, 11) is 0.916. The first-order chi connectivity index (χ1) is 14.0. The van der Waals surface area contributed by atoms with Crippen LogP contribution >= 0.6 is 7.60 Å². The molecule has 30 heavy (non-hydrogen) atoms. The third-order valence-corrected chi connectivity index (χ3v) is 6.73. The molecule has 0 aromatic rings. The maximum atomic E-state index is 11.7. The predicted molar refractivity (Wildman–Crippen MR) is 128 cm³/mol. The SMILES string of the molecule is CC/C=C\CCCCCCCCCC/C=C\CCCC(O)(C[N+](C)(C)C)P(=O)(O)O. The fourth-order valence-corrected chi connectivity index (χ4v) is 4.74. The summed E-state index contributed by atoms with van der Waals surface area (Å²) < 4.78 is 12.1. The van der Waals surface area contributed by atoms with Gasteiger partial charge in [-0.2, -0.15) is 0 Å². The molecule has 0 fully saturated rings. The second-order valence-corrected chi connectivity index (χ2v) is 11.5. The monoisotopic (exact) mass is 446 g/mol. The van der Waals surface area contributed by atoms with Crippen LogP contribution in [0.25, 0.3) is 0 Å². The highest BCUT2D eigenvalue weighted by Crippen LogP contribution is 2.52. The molecule has 5 nitrogen and oxygen atoms in total. The Morgan fingerprint density at radius 2 is 1.13 bits per heavy atom. The summed E-state index contributed by atoms with van der Waals surface area (Å²) in [6, 6.07) is 0. The lowest BCUT2D eigenvalue weighted by Gasteiger charge is -2.35. The van der Waals surface area contributed by atoms with Gasteiger partial charge in [-0.1, -0.05) is 69.8 Å². The van der Waals surface area contributed by atoms with Crippen molar-refractivity contribution >= 4 is 7.60 Å². The minimum Gasteiger partial charge on any atom is -0.373 e. The standard InChI is InChI=1S/C24H48NO4P/c1-5-6-7-8-9-10-11-12-13-14-15-16-17-18-19-20-21-22-24(26,30(27,28)29)23-25(2,3)4/h6-7,18-19,26H,5,8-17,20-23H2,1-4H3,(H-,27,28,29)/p+1/b7-6-,19-18-. The number of aliphatic hydroxyl groups is 1. The lowest BCUT2D eigenvalue weighted by Crippen LogP contribution is -2.49. The van der Waals surface area contributed by atoms with Crippen LogP contribution in [0.5, 0.6) is 0 Å².